The molecular weight excluding hydrogens is 2040 g/mol. The number of aryl methyl sites for hydroxylation is 1. The number of benzene rings is 7. The van der Waals surface area contributed by atoms with Crippen molar-refractivity contribution in [2.45, 2.75) is 95.3 Å². The second-order valence-corrected chi connectivity index (χ2v) is 53.4. The summed E-state index contributed by atoms with van der Waals surface area (Å²) in [7, 11) is -8.72. The molecule has 0 unspecified atom stereocenters. The van der Waals surface area contributed by atoms with Gasteiger partial charge in [0.25, 0.3) is 0 Å². The van der Waals surface area contributed by atoms with Crippen molar-refractivity contribution < 1.29 is 77.6 Å². The first-order valence-electron chi connectivity index (χ1n) is 37.2. The normalized spacial score (nSPS) is 11.8. The molecule has 0 spiro atoms. The van der Waals surface area contributed by atoms with Gasteiger partial charge in [0, 0.05) is 114 Å². The van der Waals surface area contributed by atoms with Crippen LogP contribution < -0.4 is 20.7 Å². The Balaban J connectivity index is 0.000000148. The van der Waals surface area contributed by atoms with Gasteiger partial charge in [-0.1, -0.05) is 199 Å². The minimum atomic E-state index is -3.44. The fourth-order valence-electron chi connectivity index (χ4n) is 12.3. The largest absolute Gasteiger partial charge is 0.486 e. The Bertz CT molecular complexity index is 6030. The van der Waals surface area contributed by atoms with Crippen LogP contribution in [-0.2, 0) is 70.2 Å². The Hall–Kier alpha value is -9.89. The van der Waals surface area contributed by atoms with Gasteiger partial charge < -0.3 is 43.7 Å². The van der Waals surface area contributed by atoms with Gasteiger partial charge in [-0.2, -0.15) is 0 Å². The molecule has 0 atom stereocenters. The predicted molar refractivity (Wildman–Crippen MR) is 469 cm³/mol. The zero-order valence-corrected chi connectivity index (χ0v) is 78.3. The molecule has 0 aliphatic carbocycles. The van der Waals surface area contributed by atoms with Gasteiger partial charge in [0.2, 0.25) is 5.71 Å². The van der Waals surface area contributed by atoms with E-state index in [-0.39, 0.29) is 60.3 Å². The van der Waals surface area contributed by atoms with E-state index in [0.29, 0.717) is 21.2 Å². The molecule has 0 amide bonds. The summed E-state index contributed by atoms with van der Waals surface area (Å²) in [5, 5.41) is 9.57. The number of para-hydroxylation sites is 1. The molecule has 0 N–H and O–H groups in total. The molecule has 10 aromatic heterocycles. The van der Waals surface area contributed by atoms with Crippen molar-refractivity contribution in [3.63, 3.8) is 0 Å². The molecule has 115 heavy (non-hydrogen) atoms. The van der Waals surface area contributed by atoms with Crippen LogP contribution in [0.2, 0.25) is 78.6 Å². The van der Waals surface area contributed by atoms with E-state index in [1.165, 1.54) is 20.7 Å². The van der Waals surface area contributed by atoms with Crippen LogP contribution in [0.4, 0.5) is 0 Å². The van der Waals surface area contributed by atoms with Gasteiger partial charge in [0.1, 0.15) is 11.3 Å². The third kappa shape index (κ3) is 21.6. The van der Waals surface area contributed by atoms with Gasteiger partial charge in [0.05, 0.1) is 42.8 Å². The van der Waals surface area contributed by atoms with Crippen molar-refractivity contribution in [3.05, 3.63) is 328 Å². The van der Waals surface area contributed by atoms with Crippen LogP contribution in [0.5, 0.6) is 0 Å². The Morgan fingerprint density at radius 2 is 0.739 bits per heavy atom. The summed E-state index contributed by atoms with van der Waals surface area (Å²) in [5.74, 6) is 0. The first kappa shape index (κ1) is 87.5. The monoisotopic (exact) mass is 2130 g/mol. The number of pyridine rings is 8. The van der Waals surface area contributed by atoms with E-state index >= 15 is 0 Å². The molecule has 18 rings (SSSR count). The Kier molecular flexibility index (Phi) is 29.1. The molecule has 0 saturated carbocycles. The van der Waals surface area contributed by atoms with E-state index in [1.807, 2.05) is 202 Å². The van der Waals surface area contributed by atoms with Gasteiger partial charge in [0.15, 0.2) is 9.84 Å². The van der Waals surface area contributed by atoms with E-state index in [4.69, 9.17) is 8.83 Å². The minimum absolute atomic E-state index is 0. The first-order valence-corrected chi connectivity index (χ1v) is 52.6. The molecule has 20 heteroatoms. The summed E-state index contributed by atoms with van der Waals surface area (Å²) < 4.78 is 36.9. The molecule has 0 saturated heterocycles. The zero-order chi connectivity index (χ0) is 78.8. The summed E-state index contributed by atoms with van der Waals surface area (Å²) in [6.45, 7) is 29.8. The van der Waals surface area contributed by atoms with Crippen molar-refractivity contribution in [3.8, 4) is 78.7 Å². The van der Waals surface area contributed by atoms with E-state index in [0.717, 1.165) is 117 Å². The summed E-state index contributed by atoms with van der Waals surface area (Å²) in [4.78, 5) is 36.3. The maximum atomic E-state index is 12.6. The quantitative estimate of drug-likeness (QED) is 0.0942. The minimum Gasteiger partial charge on any atom is -0.486 e. The zero-order valence-electron chi connectivity index (χ0n) is 66.3. The summed E-state index contributed by atoms with van der Waals surface area (Å²) >= 11 is 0. The number of sulfone groups is 1. The molecule has 0 fully saturated rings. The second kappa shape index (κ2) is 38.2. The smallest absolute Gasteiger partial charge is 0.216 e. The van der Waals surface area contributed by atoms with Crippen molar-refractivity contribution in [1.82, 2.24) is 39.9 Å². The van der Waals surface area contributed by atoms with Gasteiger partial charge >= 0.3 is 0 Å². The third-order valence-electron chi connectivity index (χ3n) is 18.9. The third-order valence-corrected chi connectivity index (χ3v) is 28.9. The van der Waals surface area contributed by atoms with Crippen molar-refractivity contribution in [2.24, 2.45) is 0 Å². The molecule has 585 valence electrons. The average Bonchev–Trinajstić information content (AvgIpc) is 1.58. The topological polar surface area (TPSA) is 164 Å². The van der Waals surface area contributed by atoms with E-state index in [2.05, 4.69) is 216 Å². The van der Waals surface area contributed by atoms with Gasteiger partial charge in [-0.3, -0.25) is 0 Å². The number of aromatic nitrogens is 8. The molecule has 12 nitrogen and oxygen atoms in total. The molecular formula is C95H86Ir3N8O4SSi4-6. The fraction of sp³-hybridized carbons (Fsp3) is 0.137. The second-order valence-electron chi connectivity index (χ2n) is 31.2. The molecule has 1 aliphatic rings. The van der Waals surface area contributed by atoms with Gasteiger partial charge in [-0.25, -0.2) is 13.4 Å². The molecule has 1 aliphatic heterocycles. The number of fused-ring (bicyclic) bond motifs is 9. The maximum Gasteiger partial charge on any atom is 0.216 e. The molecule has 17 aromatic rings. The van der Waals surface area contributed by atoms with Crippen LogP contribution in [0.25, 0.3) is 123 Å². The fourth-order valence-corrected chi connectivity index (χ4v) is 18.1. The van der Waals surface area contributed by atoms with E-state index < -0.39 is 42.1 Å². The number of hydrogen-bond acceptors (Lipinski definition) is 12. The summed E-state index contributed by atoms with van der Waals surface area (Å²) in [6.07, 6.45) is 14.6. The number of hydrogen-bond donors (Lipinski definition) is 0. The van der Waals surface area contributed by atoms with Crippen LogP contribution in [0, 0.1) is 43.5 Å². The summed E-state index contributed by atoms with van der Waals surface area (Å²) in [5.41, 5.74) is 16.8. The van der Waals surface area contributed by atoms with Crippen LogP contribution in [0.15, 0.2) is 305 Å². The SMILES string of the molecule is C[Si](C)(C)c1ccc(-c2[c-]cc3c(c2)-c2ccccc2S3(=O)=O)nc1.C[Si](C)(C)c1ccc(-c2[c-]cccc2)nc1.C[Si](C)(C)c1ccc(-c2[c-]nc3oc4ccccc4c3c2)nc1.Cc1ccc2c(n1)oc1c[c-]c(-c3ccc([Si](C)(C)C)cn3)cc12.[Ir].[Ir].[Ir].[c-]1ccccc1-c1ccccn1.[c-]1ccccc1-c1ccccn1. The van der Waals surface area contributed by atoms with Crippen molar-refractivity contribution in [1.29, 1.82) is 0 Å². The van der Waals surface area contributed by atoms with Crippen LogP contribution in [-0.4, -0.2) is 80.6 Å². The van der Waals surface area contributed by atoms with Gasteiger partial charge in [-0.05, 0) is 120 Å². The Morgan fingerprint density at radius 3 is 1.20 bits per heavy atom. The van der Waals surface area contributed by atoms with Gasteiger partial charge in [-0.15, -0.1) is 167 Å². The predicted octanol–water partition coefficient (Wildman–Crippen LogP) is 21.2. The number of nitrogens with zero attached hydrogens (tertiary/aromatic N) is 8. The molecule has 3 radical (unpaired) electrons. The standard InChI is InChI=1S/C20H19N2OSi.C20H18NO2SSi.C19H17N2OSi.C14H16NSi.2C11H8N.3Ir/c1-13-5-8-16-17-11-14(6-10-19(17)23-20(16)22-13)18-9-7-15(12-21-18)24(2,3)4;1-25(2,3)15-9-10-18(21-13-15)14-8-11-20-17(12-14)16-6-4-5-7-19(16)24(20,22)23;1-23(2,3)14-8-9-17(20-12-14)13-10-16-15-6-4-5-7-18(15)22-19(16)21-11-13;1-16(2,3)13-9-10-14(15-11-13)12-7-5-4-6-8-12;2*1-2-6-10(7-3-1)11-8-4-5-9-12-11;;;/h5,7-12H,1-4H3;4-7,9-13H,1-3H3;4-10,12H,1-3H3;4-7,9-11H,1-3H3;2*1-6,8-9H;;;/q6*-1;;;. The molecule has 11 heterocycles. The Morgan fingerprint density at radius 1 is 0.322 bits per heavy atom. The molecule has 0 bridgehead atoms. The maximum absolute atomic E-state index is 12.6. The van der Waals surface area contributed by atoms with E-state index in [1.54, 1.807) is 30.6 Å². The van der Waals surface area contributed by atoms with Crippen LogP contribution in [0.1, 0.15) is 5.69 Å². The molecule has 7 aromatic carbocycles. The number of furan rings is 2. The first-order chi connectivity index (χ1) is 53.7. The van der Waals surface area contributed by atoms with Crippen molar-refractivity contribution >= 4 is 107 Å². The Labute approximate surface area is 720 Å². The van der Waals surface area contributed by atoms with Crippen molar-refractivity contribution in [2.75, 3.05) is 0 Å². The van der Waals surface area contributed by atoms with Crippen LogP contribution >= 0.6 is 0 Å². The summed E-state index contributed by atoms with van der Waals surface area (Å²) in [6, 6.07) is 96.8. The van der Waals surface area contributed by atoms with E-state index in [9.17, 15) is 8.42 Å². The average molecular weight is 2120 g/mol. The van der Waals surface area contributed by atoms with Crippen LogP contribution in [0.3, 0.4) is 0 Å². The number of rotatable bonds is 10.